The lowest BCUT2D eigenvalue weighted by molar-refractivity contribution is 0.00578. The number of nitrogens with zero attached hydrogens (tertiary/aromatic N) is 3. The van der Waals surface area contributed by atoms with Gasteiger partial charge in [0.15, 0.2) is 0 Å². The molecule has 3 heterocycles. The highest BCUT2D eigenvalue weighted by molar-refractivity contribution is 7.24. The van der Waals surface area contributed by atoms with Crippen LogP contribution in [0, 0.1) is 0 Å². The third-order valence-corrected chi connectivity index (χ3v) is 5.29. The minimum atomic E-state index is -0.348. The Balaban J connectivity index is 1.87. The first-order chi connectivity index (χ1) is 9.84. The van der Waals surface area contributed by atoms with Gasteiger partial charge in [0.25, 0.3) is 0 Å². The van der Waals surface area contributed by atoms with Crippen LogP contribution >= 0.6 is 11.3 Å². The largest absolute Gasteiger partial charge is 0.507 e. The van der Waals surface area contributed by atoms with E-state index in [1.807, 2.05) is 16.9 Å². The van der Waals surface area contributed by atoms with E-state index in [9.17, 15) is 0 Å². The van der Waals surface area contributed by atoms with Crippen molar-refractivity contribution in [2.75, 3.05) is 0 Å². The Morgan fingerprint density at radius 1 is 1.24 bits per heavy atom. The molecule has 1 saturated heterocycles. The van der Waals surface area contributed by atoms with E-state index in [1.165, 1.54) is 0 Å². The predicted octanol–water partition coefficient (Wildman–Crippen LogP) is 2.33. The second-order valence-corrected chi connectivity index (χ2v) is 7.25. The van der Waals surface area contributed by atoms with Crippen LogP contribution in [-0.4, -0.2) is 33.1 Å². The minimum Gasteiger partial charge on any atom is -0.399 e. The lowest BCUT2D eigenvalue weighted by Crippen LogP contribution is -2.41. The van der Waals surface area contributed by atoms with Gasteiger partial charge in [-0.15, -0.1) is 11.3 Å². The normalized spacial score (nSPS) is 20.1. The summed E-state index contributed by atoms with van der Waals surface area (Å²) in [4.78, 5) is 4.51. The van der Waals surface area contributed by atoms with Crippen LogP contribution in [0.4, 0.5) is 0 Å². The van der Waals surface area contributed by atoms with E-state index in [0.717, 1.165) is 22.0 Å². The van der Waals surface area contributed by atoms with E-state index >= 15 is 0 Å². The summed E-state index contributed by atoms with van der Waals surface area (Å²) in [6, 6.07) is 1.98. The van der Waals surface area contributed by atoms with Gasteiger partial charge in [-0.2, -0.15) is 5.10 Å². The fourth-order valence-corrected chi connectivity index (χ4v) is 3.14. The molecule has 1 fully saturated rings. The van der Waals surface area contributed by atoms with Crippen LogP contribution in [0.2, 0.25) is 0 Å². The first kappa shape index (κ1) is 14.7. The lowest BCUT2D eigenvalue weighted by Gasteiger charge is -2.32. The number of rotatable bonds is 3. The van der Waals surface area contributed by atoms with E-state index in [2.05, 4.69) is 44.7 Å². The van der Waals surface area contributed by atoms with Gasteiger partial charge in [0, 0.05) is 18.9 Å². The zero-order valence-corrected chi connectivity index (χ0v) is 13.9. The van der Waals surface area contributed by atoms with Crippen molar-refractivity contribution in [3.05, 3.63) is 18.5 Å². The standard InChI is InChI=1S/C14H20BN3O2S/c1-6-18-10(7-8-17-18)12-16-9-11(21-12)15-19-13(2,3)14(4,5)20-15/h7-9H,6H2,1-5H3. The second-order valence-electron chi connectivity index (χ2n) is 6.19. The maximum absolute atomic E-state index is 6.06. The molecule has 112 valence electrons. The highest BCUT2D eigenvalue weighted by atomic mass is 32.1. The molecule has 2 aromatic rings. The third-order valence-electron chi connectivity index (χ3n) is 4.24. The van der Waals surface area contributed by atoms with Crippen LogP contribution in [0.3, 0.4) is 0 Å². The molecule has 2 aromatic heterocycles. The van der Waals surface area contributed by atoms with Gasteiger partial charge >= 0.3 is 7.12 Å². The number of aryl methyl sites for hydroxylation is 1. The molecule has 0 amide bonds. The summed E-state index contributed by atoms with van der Waals surface area (Å²) in [5.41, 5.74) is 0.380. The maximum Gasteiger partial charge on any atom is 0.507 e. The van der Waals surface area contributed by atoms with Gasteiger partial charge in [-0.25, -0.2) is 4.98 Å². The van der Waals surface area contributed by atoms with Crippen LogP contribution in [0.5, 0.6) is 0 Å². The van der Waals surface area contributed by atoms with Crippen molar-refractivity contribution < 1.29 is 9.31 Å². The summed E-state index contributed by atoms with van der Waals surface area (Å²) in [6.45, 7) is 11.1. The van der Waals surface area contributed by atoms with Crippen molar-refractivity contribution >= 4 is 23.2 Å². The maximum atomic E-state index is 6.06. The van der Waals surface area contributed by atoms with Crippen LogP contribution in [0.25, 0.3) is 10.7 Å². The van der Waals surface area contributed by atoms with Crippen molar-refractivity contribution in [3.63, 3.8) is 0 Å². The van der Waals surface area contributed by atoms with Crippen molar-refractivity contribution in [2.45, 2.75) is 52.4 Å². The molecule has 1 aliphatic rings. The topological polar surface area (TPSA) is 49.2 Å². The number of hydrogen-bond donors (Lipinski definition) is 0. The molecule has 0 saturated carbocycles. The molecule has 1 aliphatic heterocycles. The van der Waals surface area contributed by atoms with Crippen LogP contribution < -0.4 is 4.78 Å². The minimum absolute atomic E-state index is 0.326. The average Bonchev–Trinajstić information content (AvgIpc) is 3.08. The molecule has 0 atom stereocenters. The van der Waals surface area contributed by atoms with Crippen LogP contribution in [0.1, 0.15) is 34.6 Å². The second kappa shape index (κ2) is 4.93. The first-order valence-electron chi connectivity index (χ1n) is 7.17. The molecule has 0 N–H and O–H groups in total. The Morgan fingerprint density at radius 3 is 2.52 bits per heavy atom. The van der Waals surface area contributed by atoms with Gasteiger partial charge in [-0.3, -0.25) is 4.68 Å². The highest BCUT2D eigenvalue weighted by Gasteiger charge is 2.52. The molecule has 0 spiro atoms. The third kappa shape index (κ3) is 2.43. The summed E-state index contributed by atoms with van der Waals surface area (Å²) in [7, 11) is -0.348. The Labute approximate surface area is 129 Å². The van der Waals surface area contributed by atoms with E-state index in [1.54, 1.807) is 17.5 Å². The molecule has 0 aromatic carbocycles. The molecule has 0 unspecified atom stereocenters. The molecule has 0 bridgehead atoms. The fraction of sp³-hybridized carbons (Fsp3) is 0.571. The van der Waals surface area contributed by atoms with Gasteiger partial charge in [-0.1, -0.05) is 0 Å². The molecule has 21 heavy (non-hydrogen) atoms. The van der Waals surface area contributed by atoms with Gasteiger partial charge < -0.3 is 9.31 Å². The molecular formula is C14H20BN3O2S. The fourth-order valence-electron chi connectivity index (χ4n) is 2.24. The summed E-state index contributed by atoms with van der Waals surface area (Å²) in [6.07, 6.45) is 3.64. The molecule has 7 heteroatoms. The highest BCUT2D eigenvalue weighted by Crippen LogP contribution is 2.37. The monoisotopic (exact) mass is 305 g/mol. The summed E-state index contributed by atoms with van der Waals surface area (Å²) >= 11 is 1.60. The Hall–Kier alpha value is -1.18. The van der Waals surface area contributed by atoms with Crippen molar-refractivity contribution in [1.29, 1.82) is 0 Å². The zero-order chi connectivity index (χ0) is 15.3. The Bertz CT molecular complexity index is 634. The molecule has 0 aliphatic carbocycles. The Morgan fingerprint density at radius 2 is 1.90 bits per heavy atom. The molecule has 5 nitrogen and oxygen atoms in total. The first-order valence-corrected chi connectivity index (χ1v) is 7.99. The quantitative estimate of drug-likeness (QED) is 0.817. The van der Waals surface area contributed by atoms with Gasteiger partial charge in [-0.05, 0) is 40.7 Å². The zero-order valence-electron chi connectivity index (χ0n) is 13.1. The molecule has 3 rings (SSSR count). The van der Waals surface area contributed by atoms with Crippen molar-refractivity contribution in [1.82, 2.24) is 14.8 Å². The van der Waals surface area contributed by atoms with E-state index in [-0.39, 0.29) is 18.3 Å². The van der Waals surface area contributed by atoms with E-state index in [4.69, 9.17) is 9.31 Å². The number of thiazole rings is 1. The summed E-state index contributed by atoms with van der Waals surface area (Å²) in [5.74, 6) is 0. The molecular weight excluding hydrogens is 285 g/mol. The smallest absolute Gasteiger partial charge is 0.399 e. The van der Waals surface area contributed by atoms with Crippen LogP contribution in [-0.2, 0) is 15.9 Å². The Kier molecular flexibility index (Phi) is 3.46. The molecule has 0 radical (unpaired) electrons. The van der Waals surface area contributed by atoms with Crippen molar-refractivity contribution in [2.24, 2.45) is 0 Å². The average molecular weight is 305 g/mol. The number of aromatic nitrogens is 3. The van der Waals surface area contributed by atoms with Gasteiger partial charge in [0.2, 0.25) is 0 Å². The summed E-state index contributed by atoms with van der Waals surface area (Å²) < 4.78 is 15.1. The van der Waals surface area contributed by atoms with E-state index in [0.29, 0.717) is 0 Å². The lowest BCUT2D eigenvalue weighted by atomic mass is 9.89. The predicted molar refractivity (Wildman–Crippen MR) is 84.7 cm³/mol. The number of hydrogen-bond acceptors (Lipinski definition) is 5. The van der Waals surface area contributed by atoms with Gasteiger partial charge in [0.1, 0.15) is 5.01 Å². The summed E-state index contributed by atoms with van der Waals surface area (Å²) in [5, 5.41) is 5.23. The van der Waals surface area contributed by atoms with Crippen LogP contribution in [0.15, 0.2) is 18.5 Å². The van der Waals surface area contributed by atoms with Gasteiger partial charge in [0.05, 0.1) is 21.7 Å². The SMILES string of the molecule is CCn1nccc1-c1ncc(B2OC(C)(C)C(C)(C)O2)s1. The van der Waals surface area contributed by atoms with Crippen molar-refractivity contribution in [3.8, 4) is 10.7 Å². The van der Waals surface area contributed by atoms with E-state index < -0.39 is 0 Å².